The van der Waals surface area contributed by atoms with Crippen molar-refractivity contribution in [2.45, 2.75) is 45.3 Å². The minimum Gasteiger partial charge on any atom is -0.484 e. The molecule has 1 unspecified atom stereocenters. The van der Waals surface area contributed by atoms with Gasteiger partial charge >= 0.3 is 0 Å². The number of hydrogen-bond donors (Lipinski definition) is 0. The van der Waals surface area contributed by atoms with Gasteiger partial charge in [0, 0.05) is 16.4 Å². The molecule has 0 N–H and O–H groups in total. The molecule has 2 aromatic rings. The number of nitrogens with zero attached hydrogens (tertiary/aromatic N) is 3. The van der Waals surface area contributed by atoms with E-state index >= 15 is 0 Å². The van der Waals surface area contributed by atoms with Gasteiger partial charge in [0.05, 0.1) is 6.54 Å². The van der Waals surface area contributed by atoms with E-state index in [2.05, 4.69) is 30.0 Å². The zero-order valence-corrected chi connectivity index (χ0v) is 13.7. The van der Waals surface area contributed by atoms with Crippen LogP contribution in [0.4, 0.5) is 0 Å². The Hall–Kier alpha value is -1.55. The molecule has 0 spiro atoms. The van der Waals surface area contributed by atoms with Gasteiger partial charge in [0.2, 0.25) is 0 Å². The minimum absolute atomic E-state index is 0.0869. The Morgan fingerprint density at radius 1 is 1.41 bits per heavy atom. The van der Waals surface area contributed by atoms with E-state index in [1.165, 1.54) is 12.0 Å². The fourth-order valence-electron chi connectivity index (χ4n) is 4.20. The number of ether oxygens (including phenoxy) is 1. The lowest BCUT2D eigenvalue weighted by Gasteiger charge is -2.48. The smallest absolute Gasteiger partial charge is 0.137 e. The van der Waals surface area contributed by atoms with Gasteiger partial charge in [-0.15, -0.1) is 0 Å². The maximum absolute atomic E-state index is 6.64. The van der Waals surface area contributed by atoms with Crippen LogP contribution in [0.25, 0.3) is 0 Å². The second-order valence-corrected chi connectivity index (χ2v) is 7.60. The summed E-state index contributed by atoms with van der Waals surface area (Å²) in [4.78, 5) is 4.08. The molecule has 1 aromatic heterocycles. The molecule has 1 fully saturated rings. The van der Waals surface area contributed by atoms with E-state index in [1.54, 1.807) is 12.7 Å². The first-order chi connectivity index (χ1) is 10.5. The highest BCUT2D eigenvalue weighted by molar-refractivity contribution is 6.30. The van der Waals surface area contributed by atoms with Crippen LogP contribution in [0.5, 0.6) is 5.75 Å². The maximum Gasteiger partial charge on any atom is 0.137 e. The average Bonchev–Trinajstić information content (AvgIpc) is 3.05. The van der Waals surface area contributed by atoms with Gasteiger partial charge in [-0.25, -0.2) is 9.67 Å². The SMILES string of the molecule is CC1(C)CC[C@@H]2Cc3ccc(Cl)cc3OC21Cn1cncn1. The van der Waals surface area contributed by atoms with E-state index in [9.17, 15) is 0 Å². The van der Waals surface area contributed by atoms with Crippen LogP contribution < -0.4 is 4.74 Å². The van der Waals surface area contributed by atoms with Gasteiger partial charge in [-0.2, -0.15) is 5.10 Å². The molecule has 2 heterocycles. The third-order valence-corrected chi connectivity index (χ3v) is 5.81. The lowest BCUT2D eigenvalue weighted by atomic mass is 9.71. The van der Waals surface area contributed by atoms with Crippen molar-refractivity contribution in [3.63, 3.8) is 0 Å². The molecule has 0 bridgehead atoms. The van der Waals surface area contributed by atoms with Crippen molar-refractivity contribution >= 4 is 11.6 Å². The Labute approximate surface area is 135 Å². The van der Waals surface area contributed by atoms with Gasteiger partial charge in [-0.05, 0) is 37.0 Å². The van der Waals surface area contributed by atoms with Crippen LogP contribution in [0.15, 0.2) is 30.9 Å². The molecule has 1 aromatic carbocycles. The largest absolute Gasteiger partial charge is 0.484 e. The van der Waals surface area contributed by atoms with E-state index in [1.807, 2.05) is 16.8 Å². The molecule has 1 aliphatic heterocycles. The summed E-state index contributed by atoms with van der Waals surface area (Å²) in [6.07, 6.45) is 6.75. The number of hydrogen-bond acceptors (Lipinski definition) is 3. The molecular weight excluding hydrogens is 298 g/mol. The number of benzene rings is 1. The molecule has 0 radical (unpaired) electrons. The van der Waals surface area contributed by atoms with Crippen molar-refractivity contribution in [2.24, 2.45) is 11.3 Å². The Balaban J connectivity index is 1.79. The summed E-state index contributed by atoms with van der Waals surface area (Å²) in [5.74, 6) is 1.43. The van der Waals surface area contributed by atoms with Crippen molar-refractivity contribution in [3.8, 4) is 5.75 Å². The van der Waals surface area contributed by atoms with Crippen LogP contribution >= 0.6 is 11.6 Å². The van der Waals surface area contributed by atoms with Crippen LogP contribution in [-0.2, 0) is 13.0 Å². The number of halogens is 1. The topological polar surface area (TPSA) is 39.9 Å². The second kappa shape index (κ2) is 4.72. The standard InChI is InChI=1S/C17H20ClN3O/c1-16(2)6-5-13-7-12-3-4-14(18)8-15(12)22-17(13,16)9-21-11-19-10-20-21/h3-4,8,10-11,13H,5-7,9H2,1-2H3/t13-,17?/m1/s1. The van der Waals surface area contributed by atoms with Crippen LogP contribution in [-0.4, -0.2) is 20.4 Å². The highest BCUT2D eigenvalue weighted by atomic mass is 35.5. The first-order valence-electron chi connectivity index (χ1n) is 7.80. The third-order valence-electron chi connectivity index (χ3n) is 5.57. The molecule has 22 heavy (non-hydrogen) atoms. The highest BCUT2D eigenvalue weighted by Gasteiger charge is 2.59. The molecule has 4 nitrogen and oxygen atoms in total. The van der Waals surface area contributed by atoms with Gasteiger partial charge in [0.15, 0.2) is 0 Å². The minimum atomic E-state index is -0.252. The zero-order chi connectivity index (χ0) is 15.4. The van der Waals surface area contributed by atoms with Crippen LogP contribution in [0.1, 0.15) is 32.3 Å². The van der Waals surface area contributed by atoms with E-state index < -0.39 is 0 Å². The zero-order valence-electron chi connectivity index (χ0n) is 12.9. The first-order valence-corrected chi connectivity index (χ1v) is 8.18. The lowest BCUT2D eigenvalue weighted by Crippen LogP contribution is -2.56. The highest BCUT2D eigenvalue weighted by Crippen LogP contribution is 2.56. The molecule has 5 heteroatoms. The summed E-state index contributed by atoms with van der Waals surface area (Å²) in [6, 6.07) is 6.00. The number of fused-ring (bicyclic) bond motifs is 2. The molecule has 1 saturated carbocycles. The summed E-state index contributed by atoms with van der Waals surface area (Å²) >= 11 is 6.17. The fraction of sp³-hybridized carbons (Fsp3) is 0.529. The quantitative estimate of drug-likeness (QED) is 0.847. The van der Waals surface area contributed by atoms with Crippen LogP contribution in [0, 0.1) is 11.3 Å². The summed E-state index contributed by atoms with van der Waals surface area (Å²) in [6.45, 7) is 5.34. The molecule has 0 amide bonds. The molecule has 4 rings (SSSR count). The Morgan fingerprint density at radius 2 is 2.27 bits per heavy atom. The predicted molar refractivity (Wildman–Crippen MR) is 85.0 cm³/mol. The summed E-state index contributed by atoms with van der Waals surface area (Å²) in [7, 11) is 0. The van der Waals surface area contributed by atoms with Gasteiger partial charge in [-0.1, -0.05) is 31.5 Å². The monoisotopic (exact) mass is 317 g/mol. The maximum atomic E-state index is 6.64. The Morgan fingerprint density at radius 3 is 3.05 bits per heavy atom. The van der Waals surface area contributed by atoms with Crippen molar-refractivity contribution in [1.82, 2.24) is 14.8 Å². The third kappa shape index (κ3) is 1.97. The number of aromatic nitrogens is 3. The van der Waals surface area contributed by atoms with Gasteiger partial charge in [0.25, 0.3) is 0 Å². The summed E-state index contributed by atoms with van der Waals surface area (Å²) < 4.78 is 8.54. The van der Waals surface area contributed by atoms with Crippen LogP contribution in [0.3, 0.4) is 0 Å². The van der Waals surface area contributed by atoms with E-state index in [-0.39, 0.29) is 11.0 Å². The van der Waals surface area contributed by atoms with E-state index in [4.69, 9.17) is 16.3 Å². The molecule has 2 aliphatic rings. The van der Waals surface area contributed by atoms with Gasteiger partial charge < -0.3 is 4.74 Å². The Kier molecular flexibility index (Phi) is 3.02. The molecular formula is C17H20ClN3O. The van der Waals surface area contributed by atoms with E-state index in [0.717, 1.165) is 30.2 Å². The van der Waals surface area contributed by atoms with Gasteiger partial charge in [0.1, 0.15) is 24.0 Å². The van der Waals surface area contributed by atoms with Crippen LogP contribution in [0.2, 0.25) is 5.02 Å². The summed E-state index contributed by atoms with van der Waals surface area (Å²) in [5.41, 5.74) is 1.10. The van der Waals surface area contributed by atoms with Crippen molar-refractivity contribution in [1.29, 1.82) is 0 Å². The molecule has 1 aliphatic carbocycles. The van der Waals surface area contributed by atoms with Crippen molar-refractivity contribution in [2.75, 3.05) is 0 Å². The fourth-order valence-corrected chi connectivity index (χ4v) is 4.37. The van der Waals surface area contributed by atoms with E-state index in [0.29, 0.717) is 5.92 Å². The normalized spacial score (nSPS) is 28.8. The second-order valence-electron chi connectivity index (χ2n) is 7.16. The Bertz CT molecular complexity index is 698. The molecule has 0 saturated heterocycles. The first kappa shape index (κ1) is 14.1. The van der Waals surface area contributed by atoms with Crippen molar-refractivity contribution in [3.05, 3.63) is 41.4 Å². The van der Waals surface area contributed by atoms with Crippen molar-refractivity contribution < 1.29 is 4.74 Å². The summed E-state index contributed by atoms with van der Waals surface area (Å²) in [5, 5.41) is 5.03. The predicted octanol–water partition coefficient (Wildman–Crippen LogP) is 3.74. The van der Waals surface area contributed by atoms with Gasteiger partial charge in [-0.3, -0.25) is 0 Å². The molecule has 2 atom stereocenters. The lowest BCUT2D eigenvalue weighted by molar-refractivity contribution is -0.0773. The molecule has 116 valence electrons. The average molecular weight is 318 g/mol. The number of rotatable bonds is 2.